The van der Waals surface area contributed by atoms with Crippen LogP contribution in [-0.4, -0.2) is 11.2 Å². The van der Waals surface area contributed by atoms with Gasteiger partial charge in [0.05, 0.1) is 11.6 Å². The van der Waals surface area contributed by atoms with Gasteiger partial charge in [-0.25, -0.2) is 4.98 Å². The molecule has 1 rings (SSSR count). The topological polar surface area (TPSA) is 12.9 Å². The van der Waals surface area contributed by atoms with Crippen LogP contribution in [0.15, 0.2) is 5.38 Å². The Morgan fingerprint density at radius 2 is 2.60 bits per heavy atom. The van der Waals surface area contributed by atoms with Gasteiger partial charge in [-0.2, -0.15) is 11.8 Å². The highest BCUT2D eigenvalue weighted by atomic mass is 35.5. The molecule has 0 fully saturated rings. The Morgan fingerprint density at radius 3 is 3.10 bits per heavy atom. The molecule has 1 aromatic heterocycles. The normalized spacial score (nSPS) is 10.2. The van der Waals surface area contributed by atoms with Gasteiger partial charge >= 0.3 is 0 Å². The molecule has 0 saturated carbocycles. The maximum Gasteiger partial charge on any atom is 0.103 e. The Labute approximate surface area is 73.8 Å². The number of hydrogen-bond acceptors (Lipinski definition) is 3. The van der Waals surface area contributed by atoms with Crippen LogP contribution in [0.1, 0.15) is 10.7 Å². The van der Waals surface area contributed by atoms with E-state index in [4.69, 9.17) is 11.6 Å². The fourth-order valence-corrected chi connectivity index (χ4v) is 2.34. The average Bonchev–Trinajstić information content (AvgIpc) is 2.37. The van der Waals surface area contributed by atoms with Crippen LogP contribution in [0.3, 0.4) is 0 Å². The van der Waals surface area contributed by atoms with Crippen LogP contribution in [-0.2, 0) is 11.6 Å². The van der Waals surface area contributed by atoms with Crippen LogP contribution in [0.2, 0.25) is 0 Å². The Hall–Kier alpha value is 0.270. The first-order valence-corrected chi connectivity index (χ1v) is 5.66. The number of nitrogens with zero attached hydrogens (tertiary/aromatic N) is 1. The monoisotopic (exact) mass is 193 g/mol. The van der Waals surface area contributed by atoms with E-state index in [1.807, 2.05) is 5.38 Å². The van der Waals surface area contributed by atoms with Crippen LogP contribution < -0.4 is 0 Å². The molecule has 0 amide bonds. The zero-order valence-electron chi connectivity index (χ0n) is 5.63. The fourth-order valence-electron chi connectivity index (χ4n) is 0.600. The summed E-state index contributed by atoms with van der Waals surface area (Å²) in [5, 5.41) is 3.18. The molecule has 0 bridgehead atoms. The second-order valence-electron chi connectivity index (χ2n) is 1.80. The third-order valence-corrected chi connectivity index (χ3v) is 2.92. The minimum atomic E-state index is 0.533. The van der Waals surface area contributed by atoms with E-state index in [0.717, 1.165) is 11.4 Å². The van der Waals surface area contributed by atoms with Crippen molar-refractivity contribution in [2.24, 2.45) is 0 Å². The van der Waals surface area contributed by atoms with E-state index in [1.54, 1.807) is 23.1 Å². The lowest BCUT2D eigenvalue weighted by molar-refractivity contribution is 1.16. The lowest BCUT2D eigenvalue weighted by Crippen LogP contribution is -1.79. The summed E-state index contributed by atoms with van der Waals surface area (Å²) in [6.07, 6.45) is 2.07. The SMILES string of the molecule is CSCc1nc(CCl)cs1. The molecule has 0 radical (unpaired) electrons. The van der Waals surface area contributed by atoms with Gasteiger partial charge < -0.3 is 0 Å². The molecule has 0 unspecified atom stereocenters. The van der Waals surface area contributed by atoms with Crippen molar-refractivity contribution in [3.63, 3.8) is 0 Å². The number of halogens is 1. The summed E-state index contributed by atoms with van der Waals surface area (Å²) >= 11 is 9.04. The third-order valence-electron chi connectivity index (χ3n) is 1.00. The second kappa shape index (κ2) is 4.21. The zero-order chi connectivity index (χ0) is 7.40. The van der Waals surface area contributed by atoms with Crippen molar-refractivity contribution in [3.8, 4) is 0 Å². The molecule has 0 aliphatic rings. The molecule has 0 aliphatic heterocycles. The van der Waals surface area contributed by atoms with Gasteiger partial charge in [-0.3, -0.25) is 0 Å². The fraction of sp³-hybridized carbons (Fsp3) is 0.500. The molecular weight excluding hydrogens is 186 g/mol. The van der Waals surface area contributed by atoms with Crippen LogP contribution in [0.4, 0.5) is 0 Å². The molecule has 1 nitrogen and oxygen atoms in total. The van der Waals surface area contributed by atoms with Crippen molar-refractivity contribution in [2.75, 3.05) is 6.26 Å². The highest BCUT2D eigenvalue weighted by molar-refractivity contribution is 7.97. The summed E-state index contributed by atoms with van der Waals surface area (Å²) in [4.78, 5) is 4.28. The molecule has 4 heteroatoms. The maximum atomic E-state index is 5.58. The predicted octanol–water partition coefficient (Wildman–Crippen LogP) is 2.74. The summed E-state index contributed by atoms with van der Waals surface area (Å²) in [6, 6.07) is 0. The van der Waals surface area contributed by atoms with E-state index < -0.39 is 0 Å². The first-order valence-electron chi connectivity index (χ1n) is 2.85. The van der Waals surface area contributed by atoms with Crippen LogP contribution in [0.5, 0.6) is 0 Å². The van der Waals surface area contributed by atoms with E-state index in [0.29, 0.717) is 5.88 Å². The Bertz CT molecular complexity index is 199. The summed E-state index contributed by atoms with van der Waals surface area (Å²) in [7, 11) is 0. The standard InChI is InChI=1S/C6H8ClNS2/c1-9-4-6-8-5(2-7)3-10-6/h3H,2,4H2,1H3. The van der Waals surface area contributed by atoms with Crippen molar-refractivity contribution < 1.29 is 0 Å². The van der Waals surface area contributed by atoms with Gasteiger partial charge in [-0.15, -0.1) is 22.9 Å². The van der Waals surface area contributed by atoms with Gasteiger partial charge in [-0.05, 0) is 6.26 Å². The van der Waals surface area contributed by atoms with E-state index >= 15 is 0 Å². The summed E-state index contributed by atoms with van der Waals surface area (Å²) in [6.45, 7) is 0. The molecule has 0 aromatic carbocycles. The lowest BCUT2D eigenvalue weighted by Gasteiger charge is -1.86. The molecule has 0 saturated heterocycles. The van der Waals surface area contributed by atoms with E-state index in [1.165, 1.54) is 5.01 Å². The number of rotatable bonds is 3. The van der Waals surface area contributed by atoms with Gasteiger partial charge in [-0.1, -0.05) is 0 Å². The molecule has 0 atom stereocenters. The molecule has 0 spiro atoms. The van der Waals surface area contributed by atoms with Crippen molar-refractivity contribution in [1.29, 1.82) is 0 Å². The maximum absolute atomic E-state index is 5.58. The minimum absolute atomic E-state index is 0.533. The number of alkyl halides is 1. The molecule has 0 aliphatic carbocycles. The number of hydrogen-bond donors (Lipinski definition) is 0. The average molecular weight is 194 g/mol. The quantitative estimate of drug-likeness (QED) is 0.685. The second-order valence-corrected chi connectivity index (χ2v) is 3.88. The number of thiazole rings is 1. The predicted molar refractivity (Wildman–Crippen MR) is 48.9 cm³/mol. The van der Waals surface area contributed by atoms with E-state index in [9.17, 15) is 0 Å². The Kier molecular flexibility index (Phi) is 3.52. The summed E-state index contributed by atoms with van der Waals surface area (Å²) in [5.74, 6) is 1.53. The van der Waals surface area contributed by atoms with Crippen LogP contribution in [0.25, 0.3) is 0 Å². The molecule has 10 heavy (non-hydrogen) atoms. The number of thioether (sulfide) groups is 1. The Morgan fingerprint density at radius 1 is 1.80 bits per heavy atom. The minimum Gasteiger partial charge on any atom is -0.244 e. The van der Waals surface area contributed by atoms with Crippen LogP contribution >= 0.6 is 34.7 Å². The van der Waals surface area contributed by atoms with Gasteiger partial charge in [0.1, 0.15) is 5.01 Å². The third kappa shape index (κ3) is 2.15. The van der Waals surface area contributed by atoms with Gasteiger partial charge in [0, 0.05) is 11.1 Å². The largest absolute Gasteiger partial charge is 0.244 e. The first kappa shape index (κ1) is 8.37. The molecule has 0 N–H and O–H groups in total. The zero-order valence-corrected chi connectivity index (χ0v) is 8.02. The first-order chi connectivity index (χ1) is 4.86. The highest BCUT2D eigenvalue weighted by Gasteiger charge is 1.98. The molecular formula is C6H8ClNS2. The number of aromatic nitrogens is 1. The van der Waals surface area contributed by atoms with Crippen molar-refractivity contribution >= 4 is 34.7 Å². The van der Waals surface area contributed by atoms with Crippen LogP contribution in [0, 0.1) is 0 Å². The van der Waals surface area contributed by atoms with Crippen molar-refractivity contribution in [3.05, 3.63) is 16.1 Å². The van der Waals surface area contributed by atoms with Gasteiger partial charge in [0.25, 0.3) is 0 Å². The van der Waals surface area contributed by atoms with Gasteiger partial charge in [0.2, 0.25) is 0 Å². The van der Waals surface area contributed by atoms with E-state index in [-0.39, 0.29) is 0 Å². The van der Waals surface area contributed by atoms with E-state index in [2.05, 4.69) is 11.2 Å². The smallest absolute Gasteiger partial charge is 0.103 e. The highest BCUT2D eigenvalue weighted by Crippen LogP contribution is 2.15. The molecule has 1 heterocycles. The van der Waals surface area contributed by atoms with Gasteiger partial charge in [0.15, 0.2) is 0 Å². The summed E-state index contributed by atoms with van der Waals surface area (Å²) in [5.41, 5.74) is 0.996. The van der Waals surface area contributed by atoms with Crippen molar-refractivity contribution in [2.45, 2.75) is 11.6 Å². The lowest BCUT2D eigenvalue weighted by atomic mass is 10.6. The Balaban J connectivity index is 2.59. The molecule has 1 aromatic rings. The summed E-state index contributed by atoms with van der Waals surface area (Å²) < 4.78 is 0. The van der Waals surface area contributed by atoms with Crippen molar-refractivity contribution in [1.82, 2.24) is 4.98 Å². The molecule has 56 valence electrons.